The Balaban J connectivity index is 2.68. The molecule has 5 nitrogen and oxygen atoms in total. The average molecular weight is 306 g/mol. The molecule has 0 aromatic heterocycles. The van der Waals surface area contributed by atoms with E-state index in [1.807, 2.05) is 0 Å². The molecule has 1 atom stereocenters. The number of rotatable bonds is 6. The van der Waals surface area contributed by atoms with E-state index < -0.39 is 23.8 Å². The molecule has 0 fully saturated rings. The zero-order valence-electron chi connectivity index (χ0n) is 11.7. The van der Waals surface area contributed by atoms with Crippen LogP contribution in [0.1, 0.15) is 12.5 Å². The van der Waals surface area contributed by atoms with Gasteiger partial charge in [-0.05, 0) is 25.1 Å². The van der Waals surface area contributed by atoms with Gasteiger partial charge in [-0.1, -0.05) is 0 Å². The third-order valence-corrected chi connectivity index (χ3v) is 2.62. The summed E-state index contributed by atoms with van der Waals surface area (Å²) >= 11 is 0. The predicted octanol–water partition coefficient (Wildman–Crippen LogP) is 1.82. The van der Waals surface area contributed by atoms with Crippen LogP contribution in [0.25, 0.3) is 0 Å². The first-order chi connectivity index (χ1) is 9.75. The first-order valence-corrected chi connectivity index (χ1v) is 6.15. The topological polar surface area (TPSA) is 73.6 Å². The van der Waals surface area contributed by atoms with Crippen LogP contribution in [0.15, 0.2) is 18.2 Å². The van der Waals surface area contributed by atoms with Crippen LogP contribution in [0.3, 0.4) is 0 Å². The van der Waals surface area contributed by atoms with E-state index in [1.165, 1.54) is 14.0 Å². The summed E-state index contributed by atoms with van der Waals surface area (Å²) in [6.45, 7) is 2.13. The zero-order chi connectivity index (χ0) is 16.0. The highest BCUT2D eigenvalue weighted by atomic mass is 19.4. The van der Waals surface area contributed by atoms with Gasteiger partial charge < -0.3 is 20.5 Å². The van der Waals surface area contributed by atoms with Gasteiger partial charge in [0, 0.05) is 13.7 Å². The number of alkyl halides is 3. The summed E-state index contributed by atoms with van der Waals surface area (Å²) in [7, 11) is 1.50. The van der Waals surface area contributed by atoms with Crippen molar-refractivity contribution in [2.75, 3.05) is 26.0 Å². The molecule has 0 saturated carbocycles. The Morgan fingerprint density at radius 3 is 2.62 bits per heavy atom. The van der Waals surface area contributed by atoms with Crippen LogP contribution in [0.4, 0.5) is 18.9 Å². The first kappa shape index (κ1) is 17.1. The third kappa shape index (κ3) is 5.14. The number of nitrogens with one attached hydrogen (secondary N) is 1. The molecule has 0 spiro atoms. The molecule has 118 valence electrons. The molecule has 0 aliphatic heterocycles. The summed E-state index contributed by atoms with van der Waals surface area (Å²) in [4.78, 5) is 11.6. The van der Waals surface area contributed by atoms with Gasteiger partial charge in [-0.2, -0.15) is 13.2 Å². The lowest BCUT2D eigenvalue weighted by atomic mass is 10.2. The number of carbonyl (C=O) groups is 1. The predicted molar refractivity (Wildman–Crippen MR) is 70.8 cm³/mol. The van der Waals surface area contributed by atoms with E-state index in [1.54, 1.807) is 0 Å². The lowest BCUT2D eigenvalue weighted by molar-refractivity contribution is -0.137. The number of methoxy groups -OCH3 is 1. The Morgan fingerprint density at radius 2 is 2.10 bits per heavy atom. The van der Waals surface area contributed by atoms with Crippen LogP contribution in [-0.2, 0) is 15.7 Å². The van der Waals surface area contributed by atoms with Crippen molar-refractivity contribution in [3.05, 3.63) is 23.8 Å². The van der Waals surface area contributed by atoms with Crippen molar-refractivity contribution in [2.24, 2.45) is 0 Å². The highest BCUT2D eigenvalue weighted by Crippen LogP contribution is 2.33. The van der Waals surface area contributed by atoms with Crippen molar-refractivity contribution in [3.63, 3.8) is 0 Å². The fourth-order valence-corrected chi connectivity index (χ4v) is 1.50. The Hall–Kier alpha value is -1.96. The van der Waals surface area contributed by atoms with E-state index in [9.17, 15) is 18.0 Å². The second-order valence-corrected chi connectivity index (χ2v) is 4.29. The molecule has 0 heterocycles. The minimum Gasteiger partial charge on any atom is -0.479 e. The number of nitrogen functional groups attached to an aromatic ring is 1. The summed E-state index contributed by atoms with van der Waals surface area (Å²) < 4.78 is 47.5. The minimum absolute atomic E-state index is 0.0254. The van der Waals surface area contributed by atoms with Crippen molar-refractivity contribution < 1.29 is 27.4 Å². The second kappa shape index (κ2) is 7.16. The quantitative estimate of drug-likeness (QED) is 0.621. The largest absolute Gasteiger partial charge is 0.479 e. The number of hydrogen-bond acceptors (Lipinski definition) is 4. The summed E-state index contributed by atoms with van der Waals surface area (Å²) in [5, 5.41) is 2.55. The minimum atomic E-state index is -4.48. The number of carbonyl (C=O) groups excluding carboxylic acids is 1. The maximum absolute atomic E-state index is 12.5. The molecule has 1 unspecified atom stereocenters. The average Bonchev–Trinajstić information content (AvgIpc) is 2.39. The molecule has 21 heavy (non-hydrogen) atoms. The highest BCUT2D eigenvalue weighted by Gasteiger charge is 2.31. The number of amides is 1. The monoisotopic (exact) mass is 306 g/mol. The fraction of sp³-hybridized carbons (Fsp3) is 0.462. The number of benzene rings is 1. The standard InChI is InChI=1S/C13H17F3N2O3/c1-8(12(19)18-5-6-20-2)21-11-4-3-9(7-10(11)17)13(14,15)16/h3-4,7-8H,5-6,17H2,1-2H3,(H,18,19). The molecular weight excluding hydrogens is 289 g/mol. The summed E-state index contributed by atoms with van der Waals surface area (Å²) in [5.74, 6) is -0.385. The molecule has 0 radical (unpaired) electrons. The SMILES string of the molecule is COCCNC(=O)C(C)Oc1ccc(C(F)(F)F)cc1N. The van der Waals surface area contributed by atoms with E-state index in [2.05, 4.69) is 5.32 Å². The van der Waals surface area contributed by atoms with Crippen molar-refractivity contribution in [1.82, 2.24) is 5.32 Å². The molecule has 3 N–H and O–H groups in total. The summed E-state index contributed by atoms with van der Waals surface area (Å²) in [6.07, 6.45) is -5.36. The van der Waals surface area contributed by atoms with Crippen LogP contribution < -0.4 is 15.8 Å². The maximum Gasteiger partial charge on any atom is 0.416 e. The Kier molecular flexibility index (Phi) is 5.83. The number of anilines is 1. The molecule has 1 aromatic rings. The highest BCUT2D eigenvalue weighted by molar-refractivity contribution is 5.80. The molecule has 0 bridgehead atoms. The van der Waals surface area contributed by atoms with Crippen LogP contribution in [0.5, 0.6) is 5.75 Å². The van der Waals surface area contributed by atoms with E-state index in [0.717, 1.165) is 18.2 Å². The number of ether oxygens (including phenoxy) is 2. The Labute approximate surface area is 120 Å². The molecule has 0 aliphatic rings. The molecule has 0 aliphatic carbocycles. The van der Waals surface area contributed by atoms with Gasteiger partial charge in [-0.15, -0.1) is 0 Å². The van der Waals surface area contributed by atoms with Gasteiger partial charge >= 0.3 is 6.18 Å². The first-order valence-electron chi connectivity index (χ1n) is 6.15. The molecule has 0 saturated heterocycles. The van der Waals surface area contributed by atoms with Crippen LogP contribution in [0.2, 0.25) is 0 Å². The van der Waals surface area contributed by atoms with E-state index >= 15 is 0 Å². The van der Waals surface area contributed by atoms with Crippen LogP contribution >= 0.6 is 0 Å². The van der Waals surface area contributed by atoms with Crippen LogP contribution in [0, 0.1) is 0 Å². The maximum atomic E-state index is 12.5. The molecule has 1 amide bonds. The molecule has 1 rings (SSSR count). The molecule has 1 aromatic carbocycles. The van der Waals surface area contributed by atoms with Gasteiger partial charge in [-0.3, -0.25) is 4.79 Å². The van der Waals surface area contributed by atoms with E-state index in [-0.39, 0.29) is 11.4 Å². The third-order valence-electron chi connectivity index (χ3n) is 2.62. The van der Waals surface area contributed by atoms with Gasteiger partial charge in [0.15, 0.2) is 6.10 Å². The van der Waals surface area contributed by atoms with Crippen molar-refractivity contribution in [2.45, 2.75) is 19.2 Å². The van der Waals surface area contributed by atoms with E-state index in [0.29, 0.717) is 13.2 Å². The molecular formula is C13H17F3N2O3. The smallest absolute Gasteiger partial charge is 0.416 e. The normalized spacial score (nSPS) is 12.8. The summed E-state index contributed by atoms with van der Waals surface area (Å²) in [5.41, 5.74) is 4.46. The van der Waals surface area contributed by atoms with Gasteiger partial charge in [0.2, 0.25) is 0 Å². The van der Waals surface area contributed by atoms with Crippen LogP contribution in [-0.4, -0.2) is 32.3 Å². The number of halogens is 3. The van der Waals surface area contributed by atoms with Gasteiger partial charge in [0.25, 0.3) is 5.91 Å². The van der Waals surface area contributed by atoms with Gasteiger partial charge in [0.1, 0.15) is 5.75 Å². The number of nitrogens with two attached hydrogens (primary N) is 1. The van der Waals surface area contributed by atoms with Crippen molar-refractivity contribution in [3.8, 4) is 5.75 Å². The van der Waals surface area contributed by atoms with Gasteiger partial charge in [-0.25, -0.2) is 0 Å². The number of hydrogen-bond donors (Lipinski definition) is 2. The second-order valence-electron chi connectivity index (χ2n) is 4.29. The fourth-order valence-electron chi connectivity index (χ4n) is 1.50. The lowest BCUT2D eigenvalue weighted by Gasteiger charge is -2.17. The zero-order valence-corrected chi connectivity index (χ0v) is 11.7. The molecule has 8 heteroatoms. The van der Waals surface area contributed by atoms with Crippen molar-refractivity contribution >= 4 is 11.6 Å². The Bertz CT molecular complexity index is 492. The van der Waals surface area contributed by atoms with E-state index in [4.69, 9.17) is 15.2 Å². The Morgan fingerprint density at radius 1 is 1.43 bits per heavy atom. The van der Waals surface area contributed by atoms with Crippen molar-refractivity contribution in [1.29, 1.82) is 0 Å². The lowest BCUT2D eigenvalue weighted by Crippen LogP contribution is -2.38. The summed E-state index contributed by atoms with van der Waals surface area (Å²) in [6, 6.07) is 2.71. The van der Waals surface area contributed by atoms with Gasteiger partial charge in [0.05, 0.1) is 17.9 Å².